The van der Waals surface area contributed by atoms with E-state index in [1.807, 2.05) is 19.9 Å². The summed E-state index contributed by atoms with van der Waals surface area (Å²) in [6.07, 6.45) is 10.2. The summed E-state index contributed by atoms with van der Waals surface area (Å²) in [5.41, 5.74) is -0.993. The van der Waals surface area contributed by atoms with E-state index in [9.17, 15) is 9.59 Å². The van der Waals surface area contributed by atoms with E-state index < -0.39 is 10.8 Å². The fraction of sp³-hybridized carbons (Fsp3) is 0.727. The fourth-order valence-electron chi connectivity index (χ4n) is 5.40. The van der Waals surface area contributed by atoms with Gasteiger partial charge in [0.1, 0.15) is 0 Å². The van der Waals surface area contributed by atoms with Gasteiger partial charge >= 0.3 is 0 Å². The van der Waals surface area contributed by atoms with Gasteiger partial charge in [-0.3, -0.25) is 14.5 Å². The Hall–Kier alpha value is -2.02. The molecule has 1 saturated carbocycles. The predicted octanol–water partition coefficient (Wildman–Crippen LogP) is 2.38. The van der Waals surface area contributed by atoms with Gasteiger partial charge in [0.25, 0.3) is 0 Å². The Morgan fingerprint density at radius 3 is 2.38 bits per heavy atom. The van der Waals surface area contributed by atoms with Crippen molar-refractivity contribution in [1.29, 1.82) is 0 Å². The number of anilines is 1. The molecule has 29 heavy (non-hydrogen) atoms. The third-order valence-corrected chi connectivity index (χ3v) is 7.53. The normalized spacial score (nSPS) is 32.6. The standard InChI is InChI=1S/C22H33N5O2/c1-21-9-4-5-10-22(21,2)19(29)27(18(21)28)14-6-3-8-17-16-26(15-13-23-17)20-24-11-7-12-25-20/h7,11-12,17,23H,3-6,8-10,13-16H2,1-2H3/t17?,21-,22+. The molecule has 7 heteroatoms. The summed E-state index contributed by atoms with van der Waals surface area (Å²) in [4.78, 5) is 38.6. The summed E-state index contributed by atoms with van der Waals surface area (Å²) in [5.74, 6) is 0.914. The first kappa shape index (κ1) is 20.3. The van der Waals surface area contributed by atoms with Gasteiger partial charge in [0.05, 0.1) is 10.8 Å². The van der Waals surface area contributed by atoms with Crippen molar-refractivity contribution in [2.24, 2.45) is 10.8 Å². The van der Waals surface area contributed by atoms with Crippen molar-refractivity contribution in [3.8, 4) is 0 Å². The lowest BCUT2D eigenvalue weighted by molar-refractivity contribution is -0.141. The molecule has 2 saturated heterocycles. The molecule has 2 amide bonds. The maximum atomic E-state index is 13.0. The molecule has 158 valence electrons. The van der Waals surface area contributed by atoms with Gasteiger partial charge in [0.2, 0.25) is 17.8 Å². The molecule has 0 bridgehead atoms. The summed E-state index contributed by atoms with van der Waals surface area (Å²) in [7, 11) is 0. The van der Waals surface area contributed by atoms with Crippen molar-refractivity contribution in [1.82, 2.24) is 20.2 Å². The number of imide groups is 1. The second kappa shape index (κ2) is 8.01. The highest BCUT2D eigenvalue weighted by Gasteiger charge is 2.64. The number of carbonyl (C=O) groups is 2. The van der Waals surface area contributed by atoms with Gasteiger partial charge in [0, 0.05) is 44.6 Å². The van der Waals surface area contributed by atoms with Crippen LogP contribution in [0.25, 0.3) is 0 Å². The number of hydrogen-bond donors (Lipinski definition) is 1. The van der Waals surface area contributed by atoms with Gasteiger partial charge in [0.15, 0.2) is 0 Å². The summed E-state index contributed by atoms with van der Waals surface area (Å²) >= 11 is 0. The Kier molecular flexibility index (Phi) is 5.60. The Bertz CT molecular complexity index is 727. The molecular weight excluding hydrogens is 366 g/mol. The molecule has 2 aliphatic heterocycles. The van der Waals surface area contributed by atoms with Crippen molar-refractivity contribution in [3.63, 3.8) is 0 Å². The third kappa shape index (κ3) is 3.54. The molecular formula is C22H33N5O2. The topological polar surface area (TPSA) is 78.4 Å². The molecule has 1 aliphatic carbocycles. The van der Waals surface area contributed by atoms with Gasteiger partial charge in [-0.15, -0.1) is 0 Å². The van der Waals surface area contributed by atoms with Crippen LogP contribution >= 0.6 is 0 Å². The number of amides is 2. The van der Waals surface area contributed by atoms with Crippen LogP contribution in [-0.2, 0) is 9.59 Å². The van der Waals surface area contributed by atoms with E-state index in [1.54, 1.807) is 17.3 Å². The number of piperazine rings is 1. The Balaban J connectivity index is 1.27. The zero-order valence-corrected chi connectivity index (χ0v) is 17.7. The molecule has 7 nitrogen and oxygen atoms in total. The van der Waals surface area contributed by atoms with Crippen molar-refractivity contribution in [2.45, 2.75) is 64.8 Å². The van der Waals surface area contributed by atoms with E-state index in [-0.39, 0.29) is 11.8 Å². The second-order valence-corrected chi connectivity index (χ2v) is 9.27. The van der Waals surface area contributed by atoms with Crippen LogP contribution in [0.15, 0.2) is 18.5 Å². The van der Waals surface area contributed by atoms with Crippen molar-refractivity contribution < 1.29 is 9.59 Å². The zero-order valence-electron chi connectivity index (χ0n) is 17.7. The molecule has 3 fully saturated rings. The number of rotatable bonds is 6. The van der Waals surface area contributed by atoms with Gasteiger partial charge in [-0.25, -0.2) is 9.97 Å². The van der Waals surface area contributed by atoms with Crippen molar-refractivity contribution in [3.05, 3.63) is 18.5 Å². The first-order valence-corrected chi connectivity index (χ1v) is 11.1. The third-order valence-electron chi connectivity index (χ3n) is 7.53. The molecule has 3 aliphatic rings. The van der Waals surface area contributed by atoms with Crippen LogP contribution in [0.3, 0.4) is 0 Å². The van der Waals surface area contributed by atoms with Gasteiger partial charge in [-0.2, -0.15) is 0 Å². The van der Waals surface area contributed by atoms with Gasteiger partial charge < -0.3 is 10.2 Å². The van der Waals surface area contributed by atoms with E-state index in [1.165, 1.54) is 0 Å². The van der Waals surface area contributed by atoms with Crippen LogP contribution < -0.4 is 10.2 Å². The minimum Gasteiger partial charge on any atom is -0.338 e. The second-order valence-electron chi connectivity index (χ2n) is 9.27. The lowest BCUT2D eigenvalue weighted by Crippen LogP contribution is -2.51. The smallest absolute Gasteiger partial charge is 0.236 e. The Morgan fingerprint density at radius 2 is 1.72 bits per heavy atom. The lowest BCUT2D eigenvalue weighted by Gasteiger charge is -2.40. The van der Waals surface area contributed by atoms with Crippen LogP contribution in [-0.4, -0.2) is 58.9 Å². The SMILES string of the molecule is C[C@@]12CCCC[C@]1(C)C(=O)N(CCCCC1CN(c3ncccn3)CCN1)C2=O. The molecule has 1 aromatic heterocycles. The highest BCUT2D eigenvalue weighted by atomic mass is 16.2. The van der Waals surface area contributed by atoms with Crippen LogP contribution in [0.4, 0.5) is 5.95 Å². The number of carbonyl (C=O) groups excluding carboxylic acids is 2. The minimum absolute atomic E-state index is 0.0629. The zero-order chi connectivity index (χ0) is 20.5. The highest BCUT2D eigenvalue weighted by molar-refractivity contribution is 6.09. The summed E-state index contributed by atoms with van der Waals surface area (Å²) < 4.78 is 0. The van der Waals surface area contributed by atoms with Crippen molar-refractivity contribution in [2.75, 3.05) is 31.1 Å². The number of fused-ring (bicyclic) bond motifs is 1. The van der Waals surface area contributed by atoms with E-state index in [0.29, 0.717) is 12.6 Å². The van der Waals surface area contributed by atoms with E-state index in [4.69, 9.17) is 0 Å². The molecule has 1 N–H and O–H groups in total. The highest BCUT2D eigenvalue weighted by Crippen LogP contribution is 2.56. The van der Waals surface area contributed by atoms with Gasteiger partial charge in [-0.05, 0) is 45.6 Å². The fourth-order valence-corrected chi connectivity index (χ4v) is 5.40. The number of nitrogens with one attached hydrogen (secondary N) is 1. The van der Waals surface area contributed by atoms with Crippen LogP contribution in [0.1, 0.15) is 58.8 Å². The molecule has 4 rings (SSSR count). The Labute approximate surface area is 173 Å². The quantitative estimate of drug-likeness (QED) is 0.585. The number of hydrogen-bond acceptors (Lipinski definition) is 6. The van der Waals surface area contributed by atoms with Gasteiger partial charge in [-0.1, -0.05) is 19.3 Å². The lowest BCUT2D eigenvalue weighted by atomic mass is 9.59. The maximum Gasteiger partial charge on any atom is 0.236 e. The maximum absolute atomic E-state index is 13.0. The number of aromatic nitrogens is 2. The molecule has 3 heterocycles. The first-order chi connectivity index (χ1) is 14.0. The van der Waals surface area contributed by atoms with Crippen LogP contribution in [0, 0.1) is 10.8 Å². The number of likely N-dealkylation sites (tertiary alicyclic amines) is 1. The Morgan fingerprint density at radius 1 is 1.07 bits per heavy atom. The van der Waals surface area contributed by atoms with Crippen LogP contribution in [0.5, 0.6) is 0 Å². The average Bonchev–Trinajstić information content (AvgIpc) is 2.90. The molecule has 1 aromatic rings. The van der Waals surface area contributed by atoms with E-state index in [0.717, 1.165) is 70.5 Å². The summed E-state index contributed by atoms with van der Waals surface area (Å²) in [6, 6.07) is 2.22. The van der Waals surface area contributed by atoms with E-state index >= 15 is 0 Å². The number of nitrogens with zero attached hydrogens (tertiary/aromatic N) is 4. The first-order valence-electron chi connectivity index (χ1n) is 11.1. The predicted molar refractivity (Wildman–Crippen MR) is 111 cm³/mol. The summed E-state index contributed by atoms with van der Waals surface area (Å²) in [5, 5.41) is 3.57. The number of unbranched alkanes of at least 4 members (excludes halogenated alkanes) is 1. The molecule has 1 unspecified atom stereocenters. The van der Waals surface area contributed by atoms with Crippen molar-refractivity contribution >= 4 is 17.8 Å². The molecule has 3 atom stereocenters. The monoisotopic (exact) mass is 399 g/mol. The minimum atomic E-state index is -0.497. The molecule has 0 aromatic carbocycles. The van der Waals surface area contributed by atoms with E-state index in [2.05, 4.69) is 20.2 Å². The average molecular weight is 400 g/mol. The molecule has 0 radical (unpaired) electrons. The summed E-state index contributed by atoms with van der Waals surface area (Å²) in [6.45, 7) is 7.30. The van der Waals surface area contributed by atoms with Crippen LogP contribution in [0.2, 0.25) is 0 Å². The largest absolute Gasteiger partial charge is 0.338 e. The molecule has 0 spiro atoms.